The summed E-state index contributed by atoms with van der Waals surface area (Å²) >= 11 is 1.75. The van der Waals surface area contributed by atoms with Crippen molar-refractivity contribution in [3.8, 4) is 6.07 Å². The van der Waals surface area contributed by atoms with E-state index in [9.17, 15) is 5.26 Å². The van der Waals surface area contributed by atoms with Crippen molar-refractivity contribution in [2.75, 3.05) is 18.5 Å². The summed E-state index contributed by atoms with van der Waals surface area (Å²) in [6.07, 6.45) is 3.01. The standard InChI is InChI=1S/C18H25N3OS/c1-16(2,3)23-21-18(12-22-13-18)14-5-7-15(8-6-14)20-17(11-19)9-4-10-17/h5-8,20-21H,4,9-10,12-13H2,1-3H3. The van der Waals surface area contributed by atoms with Crippen LogP contribution in [0.2, 0.25) is 0 Å². The van der Waals surface area contributed by atoms with Gasteiger partial charge in [-0.25, -0.2) is 4.72 Å². The molecule has 1 saturated heterocycles. The normalized spacial score (nSPS) is 21.7. The SMILES string of the molecule is CC(C)(C)SNC1(c2ccc(NC3(C#N)CCC3)cc2)COC1. The maximum atomic E-state index is 9.33. The van der Waals surface area contributed by atoms with E-state index >= 15 is 0 Å². The molecule has 2 fully saturated rings. The first-order valence-corrected chi connectivity index (χ1v) is 9.01. The maximum absolute atomic E-state index is 9.33. The summed E-state index contributed by atoms with van der Waals surface area (Å²) in [6, 6.07) is 10.9. The van der Waals surface area contributed by atoms with Crippen molar-refractivity contribution in [1.29, 1.82) is 5.26 Å². The largest absolute Gasteiger partial charge is 0.377 e. The Bertz CT molecular complexity index is 592. The zero-order valence-corrected chi connectivity index (χ0v) is 14.9. The molecule has 2 N–H and O–H groups in total. The predicted molar refractivity (Wildman–Crippen MR) is 95.2 cm³/mol. The Hall–Kier alpha value is -1.22. The fraction of sp³-hybridized carbons (Fsp3) is 0.611. The lowest BCUT2D eigenvalue weighted by Gasteiger charge is -2.43. The van der Waals surface area contributed by atoms with E-state index in [1.54, 1.807) is 11.9 Å². The van der Waals surface area contributed by atoms with Crippen molar-refractivity contribution in [2.24, 2.45) is 0 Å². The number of nitrogens with zero attached hydrogens (tertiary/aromatic N) is 1. The molecule has 0 radical (unpaired) electrons. The summed E-state index contributed by atoms with van der Waals surface area (Å²) in [7, 11) is 0. The zero-order valence-electron chi connectivity index (χ0n) is 14.1. The van der Waals surface area contributed by atoms with Crippen LogP contribution in [0, 0.1) is 11.3 Å². The number of nitriles is 1. The molecule has 0 amide bonds. The molecule has 124 valence electrons. The first kappa shape index (κ1) is 16.6. The summed E-state index contributed by atoms with van der Waals surface area (Å²) in [4.78, 5) is 0. The second kappa shape index (κ2) is 6.01. The van der Waals surface area contributed by atoms with E-state index in [1.807, 2.05) is 0 Å². The highest BCUT2D eigenvalue weighted by molar-refractivity contribution is 7.98. The number of anilines is 1. The molecule has 23 heavy (non-hydrogen) atoms. The second-order valence-electron chi connectivity index (χ2n) is 7.64. The fourth-order valence-electron chi connectivity index (χ4n) is 2.79. The molecule has 2 aliphatic rings. The zero-order chi connectivity index (χ0) is 16.6. The smallest absolute Gasteiger partial charge is 0.125 e. The van der Waals surface area contributed by atoms with Crippen molar-refractivity contribution in [1.82, 2.24) is 4.72 Å². The number of hydrogen-bond donors (Lipinski definition) is 2. The van der Waals surface area contributed by atoms with E-state index in [4.69, 9.17) is 4.74 Å². The molecule has 0 unspecified atom stereocenters. The van der Waals surface area contributed by atoms with Crippen LogP contribution in [0.4, 0.5) is 5.69 Å². The van der Waals surface area contributed by atoms with Gasteiger partial charge in [0.05, 0.1) is 24.8 Å². The number of hydrogen-bond acceptors (Lipinski definition) is 5. The lowest BCUT2D eigenvalue weighted by molar-refractivity contribution is -0.0652. The molecule has 5 heteroatoms. The van der Waals surface area contributed by atoms with Gasteiger partial charge in [-0.15, -0.1) is 0 Å². The van der Waals surface area contributed by atoms with Crippen LogP contribution in [-0.2, 0) is 10.3 Å². The molecule has 1 aliphatic heterocycles. The first-order valence-electron chi connectivity index (χ1n) is 8.19. The van der Waals surface area contributed by atoms with E-state index in [2.05, 4.69) is 61.1 Å². The summed E-state index contributed by atoms with van der Waals surface area (Å²) < 4.78 is 9.25. The van der Waals surface area contributed by atoms with Crippen molar-refractivity contribution < 1.29 is 4.74 Å². The quantitative estimate of drug-likeness (QED) is 0.804. The van der Waals surface area contributed by atoms with Crippen LogP contribution in [-0.4, -0.2) is 23.5 Å². The number of benzene rings is 1. The van der Waals surface area contributed by atoms with Crippen LogP contribution in [0.15, 0.2) is 24.3 Å². The molecule has 1 saturated carbocycles. The third-order valence-corrected chi connectivity index (χ3v) is 5.60. The first-order chi connectivity index (χ1) is 10.9. The topological polar surface area (TPSA) is 57.1 Å². The Morgan fingerprint density at radius 3 is 2.22 bits per heavy atom. The van der Waals surface area contributed by atoms with Gasteiger partial charge in [0.2, 0.25) is 0 Å². The molecule has 0 atom stereocenters. The second-order valence-corrected chi connectivity index (χ2v) is 9.27. The fourth-order valence-corrected chi connectivity index (χ4v) is 3.52. The number of rotatable bonds is 5. The van der Waals surface area contributed by atoms with Crippen LogP contribution in [0.3, 0.4) is 0 Å². The average Bonchev–Trinajstić information content (AvgIpc) is 2.42. The Morgan fingerprint density at radius 2 is 1.83 bits per heavy atom. The molecule has 1 aromatic carbocycles. The van der Waals surface area contributed by atoms with Crippen molar-refractivity contribution in [2.45, 2.75) is 55.9 Å². The van der Waals surface area contributed by atoms with E-state index in [1.165, 1.54) is 5.56 Å². The van der Waals surface area contributed by atoms with Gasteiger partial charge in [0.1, 0.15) is 5.54 Å². The van der Waals surface area contributed by atoms with Crippen molar-refractivity contribution in [3.63, 3.8) is 0 Å². The molecular formula is C18H25N3OS. The van der Waals surface area contributed by atoms with Gasteiger partial charge in [-0.2, -0.15) is 5.26 Å². The molecular weight excluding hydrogens is 306 g/mol. The van der Waals surface area contributed by atoms with Gasteiger partial charge < -0.3 is 10.1 Å². The Balaban J connectivity index is 1.69. The Morgan fingerprint density at radius 1 is 1.17 bits per heavy atom. The van der Waals surface area contributed by atoms with Gasteiger partial charge in [0.25, 0.3) is 0 Å². The van der Waals surface area contributed by atoms with Crippen LogP contribution >= 0.6 is 11.9 Å². The highest BCUT2D eigenvalue weighted by Crippen LogP contribution is 2.37. The van der Waals surface area contributed by atoms with Crippen molar-refractivity contribution >= 4 is 17.6 Å². The molecule has 3 rings (SSSR count). The van der Waals surface area contributed by atoms with Gasteiger partial charge in [-0.3, -0.25) is 0 Å². The van der Waals surface area contributed by atoms with Gasteiger partial charge in [0, 0.05) is 10.4 Å². The van der Waals surface area contributed by atoms with Gasteiger partial charge in [0.15, 0.2) is 0 Å². The third-order valence-electron chi connectivity index (χ3n) is 4.49. The molecule has 0 aromatic heterocycles. The van der Waals surface area contributed by atoms with Gasteiger partial charge in [-0.05, 0) is 57.7 Å². The minimum atomic E-state index is -0.348. The van der Waals surface area contributed by atoms with Crippen LogP contribution in [0.1, 0.15) is 45.6 Å². The minimum Gasteiger partial charge on any atom is -0.377 e. The van der Waals surface area contributed by atoms with E-state index < -0.39 is 0 Å². The molecule has 0 spiro atoms. The Labute approximate surface area is 143 Å². The molecule has 4 nitrogen and oxygen atoms in total. The summed E-state index contributed by atoms with van der Waals surface area (Å²) in [5.41, 5.74) is 1.82. The predicted octanol–water partition coefficient (Wildman–Crippen LogP) is 3.81. The molecule has 1 aliphatic carbocycles. The van der Waals surface area contributed by atoms with Gasteiger partial charge in [-0.1, -0.05) is 24.1 Å². The van der Waals surface area contributed by atoms with Crippen LogP contribution in [0.5, 0.6) is 0 Å². The van der Waals surface area contributed by atoms with E-state index in [-0.39, 0.29) is 15.8 Å². The molecule has 1 aromatic rings. The van der Waals surface area contributed by atoms with Crippen molar-refractivity contribution in [3.05, 3.63) is 29.8 Å². The van der Waals surface area contributed by atoms with E-state index in [0.717, 1.165) is 24.9 Å². The lowest BCUT2D eigenvalue weighted by atomic mass is 9.78. The minimum absolute atomic E-state index is 0.0974. The highest BCUT2D eigenvalue weighted by atomic mass is 32.2. The van der Waals surface area contributed by atoms with Gasteiger partial charge >= 0.3 is 0 Å². The Kier molecular flexibility index (Phi) is 4.35. The number of nitrogens with one attached hydrogen (secondary N) is 2. The monoisotopic (exact) mass is 331 g/mol. The highest BCUT2D eigenvalue weighted by Gasteiger charge is 2.41. The maximum Gasteiger partial charge on any atom is 0.125 e. The lowest BCUT2D eigenvalue weighted by Crippen LogP contribution is -2.55. The van der Waals surface area contributed by atoms with Crippen LogP contribution < -0.4 is 10.0 Å². The van der Waals surface area contributed by atoms with Crippen LogP contribution in [0.25, 0.3) is 0 Å². The summed E-state index contributed by atoms with van der Waals surface area (Å²) in [6.45, 7) is 8.00. The summed E-state index contributed by atoms with van der Waals surface area (Å²) in [5, 5.41) is 12.7. The molecule has 0 bridgehead atoms. The van der Waals surface area contributed by atoms with E-state index in [0.29, 0.717) is 13.2 Å². The number of ether oxygens (including phenoxy) is 1. The molecule has 1 heterocycles. The average molecular weight is 331 g/mol. The third kappa shape index (κ3) is 3.50. The summed E-state index contributed by atoms with van der Waals surface area (Å²) in [5.74, 6) is 0.